The van der Waals surface area contributed by atoms with Crippen LogP contribution in [0.1, 0.15) is 23.6 Å². The third kappa shape index (κ3) is 1.57. The molecule has 2 atom stereocenters. The number of carbonyl (C=O) groups is 1. The van der Waals surface area contributed by atoms with Crippen molar-refractivity contribution in [2.45, 2.75) is 25.0 Å². The van der Waals surface area contributed by atoms with Gasteiger partial charge < -0.3 is 10.4 Å². The van der Waals surface area contributed by atoms with E-state index in [9.17, 15) is 9.90 Å². The number of aliphatic hydroxyl groups excluding tert-OH is 1. The molecule has 0 bridgehead atoms. The molecule has 5 rings (SSSR count). The summed E-state index contributed by atoms with van der Waals surface area (Å²) in [6.07, 6.45) is 7.18. The second-order valence-corrected chi connectivity index (χ2v) is 6.32. The maximum atomic E-state index is 12.6. The van der Waals surface area contributed by atoms with Gasteiger partial charge in [0.1, 0.15) is 0 Å². The van der Waals surface area contributed by atoms with Gasteiger partial charge in [-0.15, -0.1) is 0 Å². The van der Waals surface area contributed by atoms with Gasteiger partial charge >= 0.3 is 0 Å². The number of aliphatic hydroxyl groups is 1. The summed E-state index contributed by atoms with van der Waals surface area (Å²) in [6, 6.07) is 7.60. The highest BCUT2D eigenvalue weighted by Crippen LogP contribution is 2.51. The Morgan fingerprint density at radius 2 is 2.05 bits per heavy atom. The van der Waals surface area contributed by atoms with Crippen molar-refractivity contribution < 1.29 is 9.90 Å². The molecule has 0 saturated heterocycles. The molecule has 108 valence electrons. The molecule has 4 aliphatic carbocycles. The van der Waals surface area contributed by atoms with E-state index in [2.05, 4.69) is 11.4 Å². The minimum atomic E-state index is -0.550. The van der Waals surface area contributed by atoms with Crippen LogP contribution in [0.4, 0.5) is 0 Å². The van der Waals surface area contributed by atoms with E-state index in [1.54, 1.807) is 0 Å². The summed E-state index contributed by atoms with van der Waals surface area (Å²) in [5, 5.41) is 13.3. The van der Waals surface area contributed by atoms with E-state index in [4.69, 9.17) is 0 Å². The van der Waals surface area contributed by atoms with Crippen LogP contribution in [0.15, 0.2) is 70.4 Å². The van der Waals surface area contributed by atoms with E-state index in [1.165, 1.54) is 16.7 Å². The average Bonchev–Trinajstić information content (AvgIpc) is 2.87. The maximum Gasteiger partial charge on any atom is 0.252 e. The first-order valence-corrected chi connectivity index (χ1v) is 7.66. The molecule has 0 radical (unpaired) electrons. The molecule has 1 saturated carbocycles. The molecule has 0 spiro atoms. The molecule has 0 heterocycles. The Labute approximate surface area is 128 Å². The zero-order valence-electron chi connectivity index (χ0n) is 12.0. The lowest BCUT2D eigenvalue weighted by Gasteiger charge is -2.18. The van der Waals surface area contributed by atoms with Crippen LogP contribution in [0, 0.1) is 0 Å². The van der Waals surface area contributed by atoms with Crippen molar-refractivity contribution in [3.63, 3.8) is 0 Å². The Balaban J connectivity index is 1.45. The molecule has 3 heteroatoms. The number of benzene rings is 1. The summed E-state index contributed by atoms with van der Waals surface area (Å²) in [5.74, 6) is -0.0965. The number of hydrogen-bond acceptors (Lipinski definition) is 2. The monoisotopic (exact) mass is 289 g/mol. The van der Waals surface area contributed by atoms with Crippen molar-refractivity contribution in [1.82, 2.24) is 5.32 Å². The molecule has 1 aromatic rings. The third-order valence-corrected chi connectivity index (χ3v) is 5.01. The van der Waals surface area contributed by atoms with Crippen LogP contribution in [0.5, 0.6) is 0 Å². The van der Waals surface area contributed by atoms with Gasteiger partial charge in [-0.1, -0.05) is 30.3 Å². The van der Waals surface area contributed by atoms with E-state index in [0.29, 0.717) is 6.42 Å². The fraction of sp³-hybridized carbons (Fsp3) is 0.211. The predicted octanol–water partition coefficient (Wildman–Crippen LogP) is 2.27. The van der Waals surface area contributed by atoms with E-state index < -0.39 is 6.10 Å². The van der Waals surface area contributed by atoms with Gasteiger partial charge in [0.25, 0.3) is 5.91 Å². The van der Waals surface area contributed by atoms with Crippen LogP contribution in [0.2, 0.25) is 0 Å². The van der Waals surface area contributed by atoms with Crippen LogP contribution >= 0.6 is 0 Å². The number of rotatable bonds is 2. The lowest BCUT2D eigenvalue weighted by Crippen LogP contribution is -2.34. The summed E-state index contributed by atoms with van der Waals surface area (Å²) < 4.78 is 0. The molecule has 0 unspecified atom stereocenters. The van der Waals surface area contributed by atoms with Gasteiger partial charge in [0.15, 0.2) is 0 Å². The Morgan fingerprint density at radius 1 is 1.18 bits per heavy atom. The summed E-state index contributed by atoms with van der Waals surface area (Å²) in [7, 11) is 0. The van der Waals surface area contributed by atoms with Gasteiger partial charge in [0.05, 0.1) is 12.1 Å². The first-order chi connectivity index (χ1) is 10.7. The number of allylic oxidation sites excluding steroid dienone is 6. The van der Waals surface area contributed by atoms with Crippen molar-refractivity contribution in [1.29, 1.82) is 0 Å². The lowest BCUT2D eigenvalue weighted by molar-refractivity contribution is -0.118. The molecule has 0 aromatic heterocycles. The zero-order chi connectivity index (χ0) is 14.8. The average molecular weight is 289 g/mol. The van der Waals surface area contributed by atoms with Gasteiger partial charge in [0.2, 0.25) is 0 Å². The first-order valence-electron chi connectivity index (χ1n) is 7.66. The molecular formula is C19H15NO2. The standard InChI is InChI=1S/C19H15NO2/c21-17-9-10-3-1-2-4-12(10)18(17)20-19(22)14-6-5-13-15-7-11(15)8-16(13)14/h1-6,8,17-18,21H,7,9H2,(H,20,22)/t17-,18+/m1/s1. The number of fused-ring (bicyclic) bond motifs is 3. The Hall–Kier alpha value is -2.39. The minimum absolute atomic E-state index is 0.0965. The van der Waals surface area contributed by atoms with Crippen LogP contribution in [0.25, 0.3) is 0 Å². The summed E-state index contributed by atoms with van der Waals surface area (Å²) in [4.78, 5) is 12.6. The molecule has 1 fully saturated rings. The van der Waals surface area contributed by atoms with Crippen molar-refractivity contribution >= 4 is 5.91 Å². The molecule has 0 aliphatic heterocycles. The van der Waals surface area contributed by atoms with E-state index in [0.717, 1.165) is 28.7 Å². The maximum absolute atomic E-state index is 12.6. The molecule has 22 heavy (non-hydrogen) atoms. The second kappa shape index (κ2) is 4.08. The van der Waals surface area contributed by atoms with Crippen molar-refractivity contribution in [2.75, 3.05) is 0 Å². The summed E-state index contributed by atoms with van der Waals surface area (Å²) in [5.41, 5.74) is 7.89. The fourth-order valence-electron chi connectivity index (χ4n) is 3.80. The van der Waals surface area contributed by atoms with Gasteiger partial charge in [-0.3, -0.25) is 4.79 Å². The molecule has 1 amide bonds. The highest BCUT2D eigenvalue weighted by atomic mass is 16.3. The minimum Gasteiger partial charge on any atom is -0.390 e. The van der Waals surface area contributed by atoms with Crippen LogP contribution in [-0.2, 0) is 11.2 Å². The van der Waals surface area contributed by atoms with E-state index >= 15 is 0 Å². The fourth-order valence-corrected chi connectivity index (χ4v) is 3.80. The van der Waals surface area contributed by atoms with Crippen molar-refractivity contribution in [2.24, 2.45) is 0 Å². The zero-order valence-corrected chi connectivity index (χ0v) is 12.0. The van der Waals surface area contributed by atoms with Gasteiger partial charge in [-0.2, -0.15) is 0 Å². The number of nitrogens with one attached hydrogen (secondary N) is 1. The third-order valence-electron chi connectivity index (χ3n) is 5.01. The smallest absolute Gasteiger partial charge is 0.252 e. The number of carbonyl (C=O) groups excluding carboxylic acids is 1. The number of amides is 1. The predicted molar refractivity (Wildman–Crippen MR) is 82.9 cm³/mol. The van der Waals surface area contributed by atoms with Crippen molar-refractivity contribution in [3.8, 4) is 0 Å². The quantitative estimate of drug-likeness (QED) is 0.877. The summed E-state index contributed by atoms with van der Waals surface area (Å²) >= 11 is 0. The van der Waals surface area contributed by atoms with Gasteiger partial charge in [-0.05, 0) is 52.0 Å². The molecule has 1 aromatic carbocycles. The second-order valence-electron chi connectivity index (χ2n) is 6.32. The topological polar surface area (TPSA) is 49.3 Å². The van der Waals surface area contributed by atoms with E-state index in [1.807, 2.05) is 36.4 Å². The Bertz CT molecular complexity index is 854. The highest BCUT2D eigenvalue weighted by Gasteiger charge is 2.37. The van der Waals surface area contributed by atoms with Crippen molar-refractivity contribution in [3.05, 3.63) is 81.5 Å². The molecular weight excluding hydrogens is 274 g/mol. The Kier molecular flexibility index (Phi) is 2.26. The molecule has 3 nitrogen and oxygen atoms in total. The molecule has 2 N–H and O–H groups in total. The van der Waals surface area contributed by atoms with Crippen LogP contribution < -0.4 is 5.32 Å². The normalized spacial score (nSPS) is 26.9. The summed E-state index contributed by atoms with van der Waals surface area (Å²) in [6.45, 7) is 0. The van der Waals surface area contributed by atoms with Crippen LogP contribution in [-0.4, -0.2) is 17.1 Å². The molecule has 4 aliphatic rings. The van der Waals surface area contributed by atoms with Gasteiger partial charge in [0, 0.05) is 12.0 Å². The Morgan fingerprint density at radius 3 is 2.95 bits per heavy atom. The first kappa shape index (κ1) is 12.2. The van der Waals surface area contributed by atoms with Gasteiger partial charge in [-0.25, -0.2) is 0 Å². The number of hydrogen-bond donors (Lipinski definition) is 2. The van der Waals surface area contributed by atoms with E-state index in [-0.39, 0.29) is 11.9 Å². The SMILES string of the molecule is O=C(N[C@H]1c2ccccc2C[C@H]1O)C1=C2C=C3CC3=C2C=C1. The highest BCUT2D eigenvalue weighted by molar-refractivity contribution is 6.02. The largest absolute Gasteiger partial charge is 0.390 e. The lowest BCUT2D eigenvalue weighted by atomic mass is 10.0. The van der Waals surface area contributed by atoms with Crippen LogP contribution in [0.3, 0.4) is 0 Å².